The first-order chi connectivity index (χ1) is 14.2. The maximum Gasteiger partial charge on any atom is 0.490 e. The Morgan fingerprint density at radius 3 is 2.03 bits per heavy atom. The van der Waals surface area contributed by atoms with E-state index in [0.717, 1.165) is 30.2 Å². The molecular weight excluding hydrogens is 457 g/mol. The molecule has 1 unspecified atom stereocenters. The van der Waals surface area contributed by atoms with E-state index >= 15 is 0 Å². The monoisotopic (exact) mass is 495 g/mol. The van der Waals surface area contributed by atoms with Crippen LogP contribution >= 0.6 is 15.9 Å². The fraction of sp³-hybridized carbons (Fsp3) is 0.708. The number of unbranched alkanes of at least 4 members (excludes halogenated alkanes) is 2. The molecule has 174 valence electrons. The lowest BCUT2D eigenvalue weighted by molar-refractivity contribution is 0.00501. The fourth-order valence-corrected chi connectivity index (χ4v) is 4.04. The smallest absolute Gasteiger partial charge is 0.444 e. The molecule has 1 amide bonds. The summed E-state index contributed by atoms with van der Waals surface area (Å²) >= 11 is 3.50. The molecule has 0 aromatic heterocycles. The molecule has 1 aliphatic heterocycles. The van der Waals surface area contributed by atoms with Crippen molar-refractivity contribution in [3.63, 3.8) is 0 Å². The quantitative estimate of drug-likeness (QED) is 0.240. The summed E-state index contributed by atoms with van der Waals surface area (Å²) in [7, 11) is -0.636. The summed E-state index contributed by atoms with van der Waals surface area (Å²) in [6.07, 6.45) is 2.58. The van der Waals surface area contributed by atoms with E-state index in [2.05, 4.69) is 15.9 Å². The molecule has 2 rings (SSSR count). The number of rotatable bonds is 8. The molecule has 7 heteroatoms. The van der Waals surface area contributed by atoms with Crippen LogP contribution in [0.5, 0.6) is 0 Å². The van der Waals surface area contributed by atoms with E-state index in [1.165, 1.54) is 0 Å². The van der Waals surface area contributed by atoms with Crippen molar-refractivity contribution in [2.24, 2.45) is 0 Å². The minimum absolute atomic E-state index is 0.354. The number of amides is 1. The first kappa shape index (κ1) is 26.2. The van der Waals surface area contributed by atoms with Gasteiger partial charge in [-0.25, -0.2) is 4.79 Å². The maximum atomic E-state index is 13.5. The Balaban J connectivity index is 2.52. The largest absolute Gasteiger partial charge is 0.490 e. The SMILES string of the molecule is CC(C)(C)OC(=O)N(CCCCCBr)C(C)(B1OC(C)(C)C(C)(C)O1)c1ccccc1. The van der Waals surface area contributed by atoms with Crippen LogP contribution in [0, 0.1) is 0 Å². The molecule has 0 aliphatic carbocycles. The van der Waals surface area contributed by atoms with Crippen molar-refractivity contribution in [2.45, 2.75) is 96.9 Å². The van der Waals surface area contributed by atoms with Gasteiger partial charge in [-0.05, 0) is 73.8 Å². The highest BCUT2D eigenvalue weighted by Gasteiger charge is 2.61. The molecule has 0 bridgehead atoms. The summed E-state index contributed by atoms with van der Waals surface area (Å²) in [5, 5.41) is 0.951. The van der Waals surface area contributed by atoms with E-state index in [-0.39, 0.29) is 6.09 Å². The van der Waals surface area contributed by atoms with Crippen LogP contribution in [0.1, 0.15) is 80.2 Å². The zero-order valence-corrected chi connectivity index (χ0v) is 22.0. The Hall–Kier alpha value is -1.05. The summed E-state index contributed by atoms with van der Waals surface area (Å²) in [6, 6.07) is 10.00. The number of hydrogen-bond donors (Lipinski definition) is 0. The lowest BCUT2D eigenvalue weighted by Crippen LogP contribution is -2.59. The van der Waals surface area contributed by atoms with Crippen molar-refractivity contribution < 1.29 is 18.8 Å². The second kappa shape index (κ2) is 9.84. The third-order valence-electron chi connectivity index (χ3n) is 6.26. The van der Waals surface area contributed by atoms with Crippen molar-refractivity contribution in [1.82, 2.24) is 4.90 Å². The zero-order chi connectivity index (χ0) is 23.5. The first-order valence-corrected chi connectivity index (χ1v) is 12.3. The molecule has 5 nitrogen and oxygen atoms in total. The molecule has 1 aromatic carbocycles. The summed E-state index contributed by atoms with van der Waals surface area (Å²) < 4.78 is 18.8. The van der Waals surface area contributed by atoms with Crippen LogP contribution < -0.4 is 0 Å². The topological polar surface area (TPSA) is 48.0 Å². The summed E-state index contributed by atoms with van der Waals surface area (Å²) in [4.78, 5) is 15.3. The van der Waals surface area contributed by atoms with Gasteiger partial charge in [0.05, 0.1) is 11.2 Å². The molecule has 1 saturated heterocycles. The van der Waals surface area contributed by atoms with E-state index in [1.807, 2.05) is 90.6 Å². The predicted molar refractivity (Wildman–Crippen MR) is 130 cm³/mol. The number of benzene rings is 1. The summed E-state index contributed by atoms with van der Waals surface area (Å²) in [5.74, 6) is 0. The van der Waals surface area contributed by atoms with E-state index in [0.29, 0.717) is 6.54 Å². The molecule has 1 aromatic rings. The number of ether oxygens (including phenoxy) is 1. The second-order valence-corrected chi connectivity index (χ2v) is 11.3. The van der Waals surface area contributed by atoms with Gasteiger partial charge in [0.15, 0.2) is 0 Å². The van der Waals surface area contributed by atoms with Crippen molar-refractivity contribution in [1.29, 1.82) is 0 Å². The number of nitrogens with zero attached hydrogens (tertiary/aromatic N) is 1. The molecule has 0 radical (unpaired) electrons. The van der Waals surface area contributed by atoms with E-state index < -0.39 is 29.4 Å². The lowest BCUT2D eigenvalue weighted by atomic mass is 9.60. The molecule has 1 aliphatic rings. The maximum absolute atomic E-state index is 13.5. The Morgan fingerprint density at radius 2 is 1.55 bits per heavy atom. The van der Waals surface area contributed by atoms with Gasteiger partial charge in [-0.15, -0.1) is 0 Å². The fourth-order valence-electron chi connectivity index (χ4n) is 3.64. The van der Waals surface area contributed by atoms with Gasteiger partial charge < -0.3 is 14.0 Å². The van der Waals surface area contributed by atoms with Crippen LogP contribution in [0.25, 0.3) is 0 Å². The summed E-state index contributed by atoms with van der Waals surface area (Å²) in [5.41, 5.74) is -1.52. The van der Waals surface area contributed by atoms with Crippen LogP contribution in [0.3, 0.4) is 0 Å². The van der Waals surface area contributed by atoms with E-state index in [1.54, 1.807) is 0 Å². The zero-order valence-electron chi connectivity index (χ0n) is 20.5. The van der Waals surface area contributed by atoms with Gasteiger partial charge in [-0.2, -0.15) is 0 Å². The highest BCUT2D eigenvalue weighted by molar-refractivity contribution is 9.09. The normalized spacial score (nSPS) is 19.7. The van der Waals surface area contributed by atoms with Gasteiger partial charge in [0.25, 0.3) is 0 Å². The van der Waals surface area contributed by atoms with Crippen LogP contribution in [-0.4, -0.2) is 46.8 Å². The predicted octanol–water partition coefficient (Wildman–Crippen LogP) is 6.34. The highest BCUT2D eigenvalue weighted by Crippen LogP contribution is 2.45. The van der Waals surface area contributed by atoms with Gasteiger partial charge in [-0.1, -0.05) is 52.7 Å². The third kappa shape index (κ3) is 6.05. The second-order valence-electron chi connectivity index (χ2n) is 10.5. The van der Waals surface area contributed by atoms with Crippen molar-refractivity contribution in [3.05, 3.63) is 35.9 Å². The number of hydrogen-bond acceptors (Lipinski definition) is 4. The molecular formula is C24H39BBrNO4. The first-order valence-electron chi connectivity index (χ1n) is 11.2. The summed E-state index contributed by atoms with van der Waals surface area (Å²) in [6.45, 7) is 16.4. The Bertz CT molecular complexity index is 719. The van der Waals surface area contributed by atoms with Crippen LogP contribution in [0.2, 0.25) is 0 Å². The minimum Gasteiger partial charge on any atom is -0.444 e. The Morgan fingerprint density at radius 1 is 1.00 bits per heavy atom. The molecule has 1 heterocycles. The van der Waals surface area contributed by atoms with Crippen LogP contribution in [0.4, 0.5) is 4.79 Å². The molecule has 31 heavy (non-hydrogen) atoms. The van der Waals surface area contributed by atoms with Crippen molar-refractivity contribution in [3.8, 4) is 0 Å². The van der Waals surface area contributed by atoms with Crippen LogP contribution in [-0.2, 0) is 19.5 Å². The van der Waals surface area contributed by atoms with Gasteiger partial charge in [0.1, 0.15) is 11.0 Å². The van der Waals surface area contributed by atoms with E-state index in [9.17, 15) is 4.79 Å². The molecule has 0 N–H and O–H groups in total. The molecule has 0 spiro atoms. The van der Waals surface area contributed by atoms with Crippen molar-refractivity contribution >= 4 is 29.1 Å². The number of alkyl halides is 1. The third-order valence-corrected chi connectivity index (χ3v) is 6.82. The Labute approximate surface area is 197 Å². The standard InChI is InChI=1S/C24H39BBrNO4/c1-21(2,3)29-20(28)27(18-14-10-13-17-26)24(8,19-15-11-9-12-16-19)25-30-22(4,5)23(6,7)31-25/h9,11-12,15-16H,10,13-14,17-18H2,1-8H3. The van der Waals surface area contributed by atoms with Crippen LogP contribution in [0.15, 0.2) is 30.3 Å². The van der Waals surface area contributed by atoms with E-state index in [4.69, 9.17) is 14.0 Å². The molecule has 1 atom stereocenters. The van der Waals surface area contributed by atoms with Gasteiger partial charge in [-0.3, -0.25) is 4.90 Å². The minimum atomic E-state index is -0.858. The van der Waals surface area contributed by atoms with Crippen molar-refractivity contribution in [2.75, 3.05) is 11.9 Å². The number of carbonyl (C=O) groups is 1. The molecule has 0 saturated carbocycles. The lowest BCUT2D eigenvalue weighted by Gasteiger charge is -2.43. The average Bonchev–Trinajstić information content (AvgIpc) is 2.88. The Kier molecular flexibility index (Phi) is 8.32. The average molecular weight is 496 g/mol. The number of carbonyl (C=O) groups excluding carboxylic acids is 1. The van der Waals surface area contributed by atoms with Gasteiger partial charge in [0.2, 0.25) is 0 Å². The van der Waals surface area contributed by atoms with Gasteiger partial charge in [0, 0.05) is 11.9 Å². The van der Waals surface area contributed by atoms with Gasteiger partial charge >= 0.3 is 13.2 Å². The molecule has 1 fully saturated rings. The number of halogens is 1. The highest BCUT2D eigenvalue weighted by atomic mass is 79.9.